The molecule has 0 radical (unpaired) electrons. The van der Waals surface area contributed by atoms with Gasteiger partial charge in [-0.05, 0) is 13.3 Å². The molecule has 1 aliphatic rings. The summed E-state index contributed by atoms with van der Waals surface area (Å²) in [7, 11) is -4.05. The predicted octanol–water partition coefficient (Wildman–Crippen LogP) is -1.01. The Kier molecular flexibility index (Phi) is 3.30. The Morgan fingerprint density at radius 2 is 2.20 bits per heavy atom. The Balaban J connectivity index is 2.36. The van der Waals surface area contributed by atoms with E-state index in [1.807, 2.05) is 0 Å². The summed E-state index contributed by atoms with van der Waals surface area (Å²) in [6.07, 6.45) is 1.22. The number of primary amides is 1. The summed E-state index contributed by atoms with van der Waals surface area (Å²) >= 11 is 0. The second-order valence-corrected chi connectivity index (χ2v) is 6.81. The third-order valence-electron chi connectivity index (χ3n) is 3.47. The smallest absolute Gasteiger partial charge is 0.340 e. The Morgan fingerprint density at radius 3 is 2.70 bits per heavy atom. The number of nitrogens with one attached hydrogen (secondary N) is 1. The lowest BCUT2D eigenvalue weighted by Gasteiger charge is -2.20. The van der Waals surface area contributed by atoms with Crippen LogP contribution < -0.4 is 5.73 Å². The van der Waals surface area contributed by atoms with Gasteiger partial charge in [0.15, 0.2) is 5.03 Å². The molecule has 0 spiro atoms. The number of carbonyl (C=O) groups excluding carboxylic acids is 1. The summed E-state index contributed by atoms with van der Waals surface area (Å²) in [5.41, 5.74) is 3.88. The van der Waals surface area contributed by atoms with Crippen LogP contribution in [0.25, 0.3) is 0 Å². The first kappa shape index (κ1) is 14.5. The van der Waals surface area contributed by atoms with Crippen molar-refractivity contribution in [1.29, 1.82) is 0 Å². The highest BCUT2D eigenvalue weighted by Crippen LogP contribution is 2.33. The highest BCUT2D eigenvalue weighted by atomic mass is 32.2. The van der Waals surface area contributed by atoms with Gasteiger partial charge in [0.2, 0.25) is 5.91 Å². The van der Waals surface area contributed by atoms with Crippen molar-refractivity contribution in [3.8, 4) is 0 Å². The van der Waals surface area contributed by atoms with Crippen molar-refractivity contribution in [2.75, 3.05) is 13.1 Å². The van der Waals surface area contributed by atoms with Gasteiger partial charge in [0.25, 0.3) is 10.0 Å². The molecule has 0 bridgehead atoms. The first-order valence-electron chi connectivity index (χ1n) is 5.75. The number of sulfonamides is 1. The van der Waals surface area contributed by atoms with Crippen LogP contribution in [0.2, 0.25) is 0 Å². The van der Waals surface area contributed by atoms with Crippen molar-refractivity contribution in [3.63, 3.8) is 0 Å². The summed E-state index contributed by atoms with van der Waals surface area (Å²) in [5.74, 6) is -1.98. The molecular weight excluding hydrogens is 288 g/mol. The molecule has 2 rings (SSSR count). The summed E-state index contributed by atoms with van der Waals surface area (Å²) in [4.78, 5) is 22.3. The van der Waals surface area contributed by atoms with Gasteiger partial charge in [-0.2, -0.15) is 9.40 Å². The summed E-state index contributed by atoms with van der Waals surface area (Å²) in [5, 5.41) is 14.1. The lowest BCUT2D eigenvalue weighted by Crippen LogP contribution is -2.39. The molecule has 1 unspecified atom stereocenters. The molecule has 1 amide bonds. The summed E-state index contributed by atoms with van der Waals surface area (Å²) in [6.45, 7) is 1.60. The Labute approximate surface area is 114 Å². The zero-order chi connectivity index (χ0) is 15.1. The van der Waals surface area contributed by atoms with E-state index < -0.39 is 37.9 Å². The number of amides is 1. The number of aromatic carboxylic acids is 1. The Bertz CT molecular complexity index is 667. The van der Waals surface area contributed by atoms with E-state index in [2.05, 4.69) is 10.2 Å². The average molecular weight is 302 g/mol. The number of carbonyl (C=O) groups is 2. The molecule has 1 saturated heterocycles. The third kappa shape index (κ3) is 2.16. The number of hydrogen-bond acceptors (Lipinski definition) is 5. The minimum Gasteiger partial charge on any atom is -0.478 e. The van der Waals surface area contributed by atoms with E-state index in [4.69, 9.17) is 10.8 Å². The molecule has 20 heavy (non-hydrogen) atoms. The Morgan fingerprint density at radius 1 is 1.55 bits per heavy atom. The molecule has 9 nitrogen and oxygen atoms in total. The quantitative estimate of drug-likeness (QED) is 0.649. The van der Waals surface area contributed by atoms with Crippen molar-refractivity contribution in [2.24, 2.45) is 11.1 Å². The standard InChI is InChI=1S/C10H14N4O5S/c1-10(9(11)17)2-3-14(5-10)20(18,19)7-6(8(15)16)4-12-13-7/h4H,2-3,5H2,1H3,(H2,11,17)(H,12,13)(H,15,16). The van der Waals surface area contributed by atoms with E-state index in [1.165, 1.54) is 0 Å². The van der Waals surface area contributed by atoms with E-state index in [9.17, 15) is 18.0 Å². The maximum atomic E-state index is 12.4. The van der Waals surface area contributed by atoms with Gasteiger partial charge >= 0.3 is 5.97 Å². The van der Waals surface area contributed by atoms with Gasteiger partial charge in [0.1, 0.15) is 5.56 Å². The number of aromatic nitrogens is 2. The van der Waals surface area contributed by atoms with Crippen molar-refractivity contribution in [1.82, 2.24) is 14.5 Å². The van der Waals surface area contributed by atoms with E-state index in [-0.39, 0.29) is 19.5 Å². The highest BCUT2D eigenvalue weighted by Gasteiger charge is 2.45. The van der Waals surface area contributed by atoms with Crippen molar-refractivity contribution in [3.05, 3.63) is 11.8 Å². The van der Waals surface area contributed by atoms with Crippen LogP contribution in [0.5, 0.6) is 0 Å². The molecular formula is C10H14N4O5S. The molecule has 4 N–H and O–H groups in total. The predicted molar refractivity (Wildman–Crippen MR) is 66.2 cm³/mol. The number of carboxylic acids is 1. The summed E-state index contributed by atoms with van der Waals surface area (Å²) < 4.78 is 25.8. The second kappa shape index (κ2) is 4.56. The molecule has 0 aromatic carbocycles. The lowest BCUT2D eigenvalue weighted by atomic mass is 9.89. The number of aromatic amines is 1. The second-order valence-electron chi connectivity index (χ2n) is 4.93. The number of H-pyrrole nitrogens is 1. The zero-order valence-electron chi connectivity index (χ0n) is 10.7. The van der Waals surface area contributed by atoms with Gasteiger partial charge in [0.05, 0.1) is 11.6 Å². The molecule has 0 saturated carbocycles. The topological polar surface area (TPSA) is 146 Å². The molecule has 0 aliphatic carbocycles. The molecule has 1 aliphatic heterocycles. The fraction of sp³-hybridized carbons (Fsp3) is 0.500. The van der Waals surface area contributed by atoms with E-state index in [0.717, 1.165) is 10.5 Å². The van der Waals surface area contributed by atoms with Crippen LogP contribution in [0.15, 0.2) is 11.2 Å². The third-order valence-corrected chi connectivity index (χ3v) is 5.28. The molecule has 10 heteroatoms. The fourth-order valence-corrected chi connectivity index (χ4v) is 3.71. The minimum atomic E-state index is -4.05. The van der Waals surface area contributed by atoms with Gasteiger partial charge < -0.3 is 10.8 Å². The van der Waals surface area contributed by atoms with Crippen LogP contribution in [-0.4, -0.2) is 53.0 Å². The SMILES string of the molecule is CC1(C(N)=O)CCN(S(=O)(=O)c2[nH]ncc2C(=O)O)C1. The van der Waals surface area contributed by atoms with Crippen molar-refractivity contribution >= 4 is 21.9 Å². The maximum absolute atomic E-state index is 12.4. The fourth-order valence-electron chi connectivity index (χ4n) is 2.08. The first-order valence-corrected chi connectivity index (χ1v) is 7.19. The van der Waals surface area contributed by atoms with E-state index >= 15 is 0 Å². The van der Waals surface area contributed by atoms with Crippen LogP contribution in [0.3, 0.4) is 0 Å². The van der Waals surface area contributed by atoms with Crippen LogP contribution in [0, 0.1) is 5.41 Å². The summed E-state index contributed by atoms with van der Waals surface area (Å²) in [6, 6.07) is 0. The number of nitrogens with zero attached hydrogens (tertiary/aromatic N) is 2. The highest BCUT2D eigenvalue weighted by molar-refractivity contribution is 7.89. The van der Waals surface area contributed by atoms with Gasteiger partial charge in [-0.1, -0.05) is 0 Å². The number of carboxylic acid groups (broad SMARTS) is 1. The number of rotatable bonds is 4. The van der Waals surface area contributed by atoms with Crippen LogP contribution in [0.4, 0.5) is 0 Å². The van der Waals surface area contributed by atoms with Gasteiger partial charge in [0, 0.05) is 13.1 Å². The van der Waals surface area contributed by atoms with Crippen LogP contribution >= 0.6 is 0 Å². The maximum Gasteiger partial charge on any atom is 0.340 e. The number of nitrogens with two attached hydrogens (primary N) is 1. The average Bonchev–Trinajstić information content (AvgIpc) is 2.95. The van der Waals surface area contributed by atoms with Gasteiger partial charge in [-0.25, -0.2) is 13.2 Å². The normalized spacial score (nSPS) is 23.9. The molecule has 110 valence electrons. The largest absolute Gasteiger partial charge is 0.478 e. The van der Waals surface area contributed by atoms with Crippen molar-refractivity contribution < 1.29 is 23.1 Å². The monoisotopic (exact) mass is 302 g/mol. The first-order chi connectivity index (χ1) is 9.18. The zero-order valence-corrected chi connectivity index (χ0v) is 11.5. The number of hydrogen-bond donors (Lipinski definition) is 3. The molecule has 2 heterocycles. The van der Waals surface area contributed by atoms with E-state index in [1.54, 1.807) is 6.92 Å². The van der Waals surface area contributed by atoms with Crippen molar-refractivity contribution in [2.45, 2.75) is 18.4 Å². The van der Waals surface area contributed by atoms with Gasteiger partial charge in [-0.15, -0.1) is 0 Å². The Hall–Kier alpha value is -1.94. The van der Waals surface area contributed by atoms with Crippen LogP contribution in [0.1, 0.15) is 23.7 Å². The molecule has 1 aromatic heterocycles. The molecule has 1 atom stereocenters. The molecule has 1 aromatic rings. The van der Waals surface area contributed by atoms with Gasteiger partial charge in [-0.3, -0.25) is 9.89 Å². The lowest BCUT2D eigenvalue weighted by molar-refractivity contribution is -0.126. The minimum absolute atomic E-state index is 0.0806. The van der Waals surface area contributed by atoms with E-state index in [0.29, 0.717) is 0 Å². The van der Waals surface area contributed by atoms with Crippen LogP contribution in [-0.2, 0) is 14.8 Å². The molecule has 1 fully saturated rings.